The second-order valence-corrected chi connectivity index (χ2v) is 4.92. The molecule has 0 radical (unpaired) electrons. The molecule has 0 saturated heterocycles. The van der Waals surface area contributed by atoms with E-state index in [0.717, 1.165) is 29.1 Å². The maximum Gasteiger partial charge on any atom is 0.226 e. The average Bonchev–Trinajstić information content (AvgIpc) is 2.84. The first kappa shape index (κ1) is 13.4. The SMILES string of the molecule is CCNc1nc(Nc2ccc(C)cc2)c2cnn(C)c2n1. The van der Waals surface area contributed by atoms with Crippen LogP contribution in [0.3, 0.4) is 0 Å². The lowest BCUT2D eigenvalue weighted by Gasteiger charge is -2.09. The van der Waals surface area contributed by atoms with E-state index < -0.39 is 0 Å². The molecule has 0 aliphatic carbocycles. The normalized spacial score (nSPS) is 10.8. The van der Waals surface area contributed by atoms with Crippen LogP contribution >= 0.6 is 0 Å². The minimum atomic E-state index is 0.600. The van der Waals surface area contributed by atoms with Gasteiger partial charge < -0.3 is 10.6 Å². The lowest BCUT2D eigenvalue weighted by Crippen LogP contribution is -2.06. The topological polar surface area (TPSA) is 67.7 Å². The Bertz CT molecular complexity index is 760. The molecule has 2 heterocycles. The number of nitrogens with zero attached hydrogens (tertiary/aromatic N) is 4. The van der Waals surface area contributed by atoms with Crippen molar-refractivity contribution in [3.8, 4) is 0 Å². The van der Waals surface area contributed by atoms with Crippen molar-refractivity contribution in [2.75, 3.05) is 17.2 Å². The molecule has 1 aromatic carbocycles. The number of aromatic nitrogens is 4. The first-order chi connectivity index (χ1) is 10.2. The van der Waals surface area contributed by atoms with Gasteiger partial charge in [0.15, 0.2) is 5.65 Å². The van der Waals surface area contributed by atoms with Gasteiger partial charge in [-0.3, -0.25) is 4.68 Å². The highest BCUT2D eigenvalue weighted by molar-refractivity contribution is 5.89. The molecule has 0 bridgehead atoms. The maximum absolute atomic E-state index is 4.54. The first-order valence-electron chi connectivity index (χ1n) is 6.94. The number of rotatable bonds is 4. The Balaban J connectivity index is 2.05. The van der Waals surface area contributed by atoms with Crippen LogP contribution in [-0.4, -0.2) is 26.3 Å². The van der Waals surface area contributed by atoms with Crippen molar-refractivity contribution in [3.05, 3.63) is 36.0 Å². The number of fused-ring (bicyclic) bond motifs is 1. The van der Waals surface area contributed by atoms with Gasteiger partial charge in [0.25, 0.3) is 0 Å². The Labute approximate surface area is 123 Å². The number of benzene rings is 1. The van der Waals surface area contributed by atoms with E-state index in [9.17, 15) is 0 Å². The van der Waals surface area contributed by atoms with E-state index in [1.54, 1.807) is 10.9 Å². The molecule has 2 aromatic heterocycles. The third-order valence-electron chi connectivity index (χ3n) is 3.24. The summed E-state index contributed by atoms with van der Waals surface area (Å²) in [6, 6.07) is 8.20. The molecule has 2 N–H and O–H groups in total. The van der Waals surface area contributed by atoms with Crippen molar-refractivity contribution in [2.45, 2.75) is 13.8 Å². The van der Waals surface area contributed by atoms with Gasteiger partial charge >= 0.3 is 0 Å². The fourth-order valence-corrected chi connectivity index (χ4v) is 2.13. The molecule has 21 heavy (non-hydrogen) atoms. The van der Waals surface area contributed by atoms with Gasteiger partial charge in [0.2, 0.25) is 5.95 Å². The van der Waals surface area contributed by atoms with Crippen molar-refractivity contribution in [1.82, 2.24) is 19.7 Å². The molecule has 0 atom stereocenters. The monoisotopic (exact) mass is 282 g/mol. The van der Waals surface area contributed by atoms with Crippen molar-refractivity contribution in [2.24, 2.45) is 7.05 Å². The van der Waals surface area contributed by atoms with E-state index in [1.165, 1.54) is 5.56 Å². The number of aryl methyl sites for hydroxylation is 2. The summed E-state index contributed by atoms with van der Waals surface area (Å²) in [5.41, 5.74) is 3.02. The lowest BCUT2D eigenvalue weighted by atomic mass is 10.2. The third-order valence-corrected chi connectivity index (χ3v) is 3.24. The Morgan fingerprint density at radius 2 is 1.90 bits per heavy atom. The van der Waals surface area contributed by atoms with Crippen LogP contribution in [0.25, 0.3) is 11.0 Å². The molecule has 108 valence electrons. The molecule has 0 unspecified atom stereocenters. The standard InChI is InChI=1S/C15H18N6/c1-4-16-15-19-13(12-9-17-21(3)14(12)20-15)18-11-7-5-10(2)6-8-11/h5-9H,4H2,1-3H3,(H2,16,18,19,20). The van der Waals surface area contributed by atoms with Gasteiger partial charge in [-0.2, -0.15) is 15.1 Å². The zero-order valence-corrected chi connectivity index (χ0v) is 12.4. The molecule has 0 saturated carbocycles. The lowest BCUT2D eigenvalue weighted by molar-refractivity contribution is 0.785. The van der Waals surface area contributed by atoms with Gasteiger partial charge in [-0.05, 0) is 26.0 Å². The zero-order valence-electron chi connectivity index (χ0n) is 12.4. The van der Waals surface area contributed by atoms with Gasteiger partial charge in [-0.25, -0.2) is 0 Å². The molecule has 3 aromatic rings. The molecule has 0 fully saturated rings. The predicted octanol–water partition coefficient (Wildman–Crippen LogP) is 2.85. The highest BCUT2D eigenvalue weighted by Crippen LogP contribution is 2.24. The minimum absolute atomic E-state index is 0.600. The highest BCUT2D eigenvalue weighted by Gasteiger charge is 2.11. The smallest absolute Gasteiger partial charge is 0.226 e. The number of hydrogen-bond donors (Lipinski definition) is 2. The van der Waals surface area contributed by atoms with Gasteiger partial charge in [-0.15, -0.1) is 0 Å². The van der Waals surface area contributed by atoms with E-state index in [-0.39, 0.29) is 0 Å². The van der Waals surface area contributed by atoms with Crippen molar-refractivity contribution in [3.63, 3.8) is 0 Å². The van der Waals surface area contributed by atoms with E-state index in [0.29, 0.717) is 5.95 Å². The van der Waals surface area contributed by atoms with Gasteiger partial charge in [0.05, 0.1) is 11.6 Å². The summed E-state index contributed by atoms with van der Waals surface area (Å²) in [6.45, 7) is 4.86. The molecule has 0 amide bonds. The van der Waals surface area contributed by atoms with Gasteiger partial charge in [-0.1, -0.05) is 17.7 Å². The van der Waals surface area contributed by atoms with Crippen LogP contribution in [0, 0.1) is 6.92 Å². The van der Waals surface area contributed by atoms with Crippen molar-refractivity contribution < 1.29 is 0 Å². The van der Waals surface area contributed by atoms with E-state index in [2.05, 4.69) is 44.8 Å². The first-order valence-corrected chi connectivity index (χ1v) is 6.94. The predicted molar refractivity (Wildman–Crippen MR) is 84.9 cm³/mol. The Morgan fingerprint density at radius 1 is 1.14 bits per heavy atom. The van der Waals surface area contributed by atoms with Crippen molar-refractivity contribution in [1.29, 1.82) is 0 Å². The molecule has 0 spiro atoms. The number of anilines is 3. The quantitative estimate of drug-likeness (QED) is 0.770. The molecule has 6 heteroatoms. The van der Waals surface area contributed by atoms with Crippen LogP contribution in [-0.2, 0) is 7.05 Å². The van der Waals surface area contributed by atoms with E-state index >= 15 is 0 Å². The van der Waals surface area contributed by atoms with Crippen molar-refractivity contribution >= 4 is 28.5 Å². The second-order valence-electron chi connectivity index (χ2n) is 4.92. The molecule has 6 nitrogen and oxygen atoms in total. The highest BCUT2D eigenvalue weighted by atomic mass is 15.3. The summed E-state index contributed by atoms with van der Waals surface area (Å²) in [5.74, 6) is 1.36. The van der Waals surface area contributed by atoms with Crippen LogP contribution in [0.2, 0.25) is 0 Å². The summed E-state index contributed by atoms with van der Waals surface area (Å²) in [5, 5.41) is 11.7. The summed E-state index contributed by atoms with van der Waals surface area (Å²) < 4.78 is 1.75. The molecular formula is C15H18N6. The molecule has 0 aliphatic rings. The zero-order chi connectivity index (χ0) is 14.8. The molecule has 3 rings (SSSR count). The van der Waals surface area contributed by atoms with Crippen LogP contribution in [0.15, 0.2) is 30.5 Å². The van der Waals surface area contributed by atoms with E-state index in [1.807, 2.05) is 26.1 Å². The maximum atomic E-state index is 4.54. The largest absolute Gasteiger partial charge is 0.354 e. The van der Waals surface area contributed by atoms with Crippen LogP contribution in [0.4, 0.5) is 17.5 Å². The Hall–Kier alpha value is -2.63. The molecular weight excluding hydrogens is 264 g/mol. The van der Waals surface area contributed by atoms with E-state index in [4.69, 9.17) is 0 Å². The number of hydrogen-bond acceptors (Lipinski definition) is 5. The average molecular weight is 282 g/mol. The Kier molecular flexibility index (Phi) is 3.43. The fraction of sp³-hybridized carbons (Fsp3) is 0.267. The van der Waals surface area contributed by atoms with Gasteiger partial charge in [0, 0.05) is 19.3 Å². The summed E-state index contributed by atoms with van der Waals surface area (Å²) in [7, 11) is 1.88. The van der Waals surface area contributed by atoms with Crippen LogP contribution in [0.5, 0.6) is 0 Å². The van der Waals surface area contributed by atoms with Gasteiger partial charge in [0.1, 0.15) is 5.82 Å². The van der Waals surface area contributed by atoms with Crippen LogP contribution < -0.4 is 10.6 Å². The minimum Gasteiger partial charge on any atom is -0.354 e. The summed E-state index contributed by atoms with van der Waals surface area (Å²) in [4.78, 5) is 9.01. The van der Waals surface area contributed by atoms with Crippen LogP contribution in [0.1, 0.15) is 12.5 Å². The summed E-state index contributed by atoms with van der Waals surface area (Å²) >= 11 is 0. The number of nitrogens with one attached hydrogen (secondary N) is 2. The second kappa shape index (κ2) is 5.40. The summed E-state index contributed by atoms with van der Waals surface area (Å²) in [6.07, 6.45) is 1.78. The third kappa shape index (κ3) is 2.65. The Morgan fingerprint density at radius 3 is 2.62 bits per heavy atom. The molecule has 0 aliphatic heterocycles. The fourth-order valence-electron chi connectivity index (χ4n) is 2.13.